The summed E-state index contributed by atoms with van der Waals surface area (Å²) in [6.07, 6.45) is 0. The monoisotopic (exact) mass is 364 g/mol. The number of ether oxygens (including phenoxy) is 2. The molecule has 0 unspecified atom stereocenters. The lowest BCUT2D eigenvalue weighted by Gasteiger charge is -2.12. The quantitative estimate of drug-likeness (QED) is 0.663. The molecule has 25 heavy (non-hydrogen) atoms. The number of methoxy groups -OCH3 is 1. The van der Waals surface area contributed by atoms with Crippen LogP contribution in [-0.2, 0) is 11.3 Å². The molecular formula is C17H17ClN2O5. The van der Waals surface area contributed by atoms with Crippen molar-refractivity contribution in [2.45, 2.75) is 6.54 Å². The first-order valence-corrected chi connectivity index (χ1v) is 7.63. The lowest BCUT2D eigenvalue weighted by molar-refractivity contribution is -0.119. The molecule has 0 atom stereocenters. The van der Waals surface area contributed by atoms with E-state index in [9.17, 15) is 9.59 Å². The van der Waals surface area contributed by atoms with Gasteiger partial charge >= 0.3 is 5.97 Å². The average molecular weight is 365 g/mol. The molecule has 0 bridgehead atoms. The Morgan fingerprint density at radius 3 is 2.60 bits per heavy atom. The van der Waals surface area contributed by atoms with Crippen LogP contribution in [0.15, 0.2) is 36.4 Å². The Kier molecular flexibility index (Phi) is 6.08. The summed E-state index contributed by atoms with van der Waals surface area (Å²) in [6.45, 7) is 0.184. The van der Waals surface area contributed by atoms with Crippen LogP contribution >= 0.6 is 11.6 Å². The number of carboxylic acids is 1. The normalized spacial score (nSPS) is 10.2. The van der Waals surface area contributed by atoms with E-state index >= 15 is 0 Å². The Balaban J connectivity index is 2.09. The smallest absolute Gasteiger partial charge is 0.337 e. The van der Waals surface area contributed by atoms with Crippen LogP contribution in [0.25, 0.3) is 0 Å². The van der Waals surface area contributed by atoms with Crippen molar-refractivity contribution in [1.29, 1.82) is 0 Å². The minimum atomic E-state index is -1.09. The van der Waals surface area contributed by atoms with E-state index in [2.05, 4.69) is 5.32 Å². The van der Waals surface area contributed by atoms with Gasteiger partial charge in [0.15, 0.2) is 18.1 Å². The third-order valence-electron chi connectivity index (χ3n) is 3.29. The van der Waals surface area contributed by atoms with Crippen LogP contribution in [0, 0.1) is 0 Å². The lowest BCUT2D eigenvalue weighted by Crippen LogP contribution is -2.20. The van der Waals surface area contributed by atoms with Gasteiger partial charge in [0.25, 0.3) is 5.91 Å². The zero-order valence-electron chi connectivity index (χ0n) is 13.4. The van der Waals surface area contributed by atoms with Crippen LogP contribution in [0.2, 0.25) is 5.02 Å². The number of carbonyl (C=O) groups excluding carboxylic acids is 1. The summed E-state index contributed by atoms with van der Waals surface area (Å²) in [6, 6.07) is 9.89. The number of nitrogens with one attached hydrogen (secondary N) is 1. The molecule has 4 N–H and O–H groups in total. The fourth-order valence-electron chi connectivity index (χ4n) is 2.09. The van der Waals surface area contributed by atoms with Gasteiger partial charge in [-0.3, -0.25) is 4.79 Å². The van der Waals surface area contributed by atoms with Crippen LogP contribution in [0.3, 0.4) is 0 Å². The molecule has 0 heterocycles. The van der Waals surface area contributed by atoms with Crippen molar-refractivity contribution in [3.63, 3.8) is 0 Å². The largest absolute Gasteiger partial charge is 0.493 e. The molecule has 0 spiro atoms. The molecule has 0 aliphatic heterocycles. The minimum Gasteiger partial charge on any atom is -0.493 e. The molecule has 0 aliphatic carbocycles. The van der Waals surface area contributed by atoms with Crippen LogP contribution in [0.1, 0.15) is 15.9 Å². The SMILES string of the molecule is COc1cc(CNc2ccc(Cl)c(C(=O)O)c2)ccc1OCC(N)=O. The molecule has 0 radical (unpaired) electrons. The maximum atomic E-state index is 11.1. The van der Waals surface area contributed by atoms with E-state index in [1.165, 1.54) is 19.2 Å². The van der Waals surface area contributed by atoms with E-state index < -0.39 is 11.9 Å². The summed E-state index contributed by atoms with van der Waals surface area (Å²) >= 11 is 5.85. The number of anilines is 1. The van der Waals surface area contributed by atoms with Gasteiger partial charge in [0.2, 0.25) is 0 Å². The maximum Gasteiger partial charge on any atom is 0.337 e. The van der Waals surface area contributed by atoms with Crippen molar-refractivity contribution in [2.24, 2.45) is 5.73 Å². The average Bonchev–Trinajstić information content (AvgIpc) is 2.59. The van der Waals surface area contributed by atoms with Crippen LogP contribution in [0.5, 0.6) is 11.5 Å². The van der Waals surface area contributed by atoms with Crippen LogP contribution in [-0.4, -0.2) is 30.7 Å². The number of rotatable bonds is 8. The van der Waals surface area contributed by atoms with Gasteiger partial charge in [-0.2, -0.15) is 0 Å². The van der Waals surface area contributed by atoms with Crippen LogP contribution < -0.4 is 20.5 Å². The number of carbonyl (C=O) groups is 2. The number of aromatic carboxylic acids is 1. The number of primary amides is 1. The van der Waals surface area contributed by atoms with Crippen molar-refractivity contribution in [1.82, 2.24) is 0 Å². The van der Waals surface area contributed by atoms with Crippen molar-refractivity contribution < 1.29 is 24.2 Å². The summed E-state index contributed by atoms with van der Waals surface area (Å²) < 4.78 is 10.5. The molecule has 2 aromatic rings. The highest BCUT2D eigenvalue weighted by Gasteiger charge is 2.10. The fourth-order valence-corrected chi connectivity index (χ4v) is 2.29. The molecule has 0 aromatic heterocycles. The molecule has 1 amide bonds. The Labute approximate surface area is 149 Å². The molecule has 2 aromatic carbocycles. The van der Waals surface area contributed by atoms with E-state index in [0.29, 0.717) is 23.7 Å². The van der Waals surface area contributed by atoms with E-state index in [0.717, 1.165) is 5.56 Å². The van der Waals surface area contributed by atoms with Crippen molar-refractivity contribution in [2.75, 3.05) is 19.0 Å². The van der Waals surface area contributed by atoms with Crippen molar-refractivity contribution in [3.8, 4) is 11.5 Å². The fraction of sp³-hybridized carbons (Fsp3) is 0.176. The summed E-state index contributed by atoms with van der Waals surface area (Å²) in [4.78, 5) is 21.9. The molecule has 0 fully saturated rings. The third-order valence-corrected chi connectivity index (χ3v) is 3.62. The van der Waals surface area contributed by atoms with Crippen molar-refractivity contribution in [3.05, 3.63) is 52.5 Å². The zero-order valence-corrected chi connectivity index (χ0v) is 14.2. The second kappa shape index (κ2) is 8.25. The van der Waals surface area contributed by atoms with E-state index in [1.54, 1.807) is 24.3 Å². The summed E-state index contributed by atoms with van der Waals surface area (Å²) in [5.74, 6) is -0.802. The standard InChI is InChI=1S/C17H17ClN2O5/c1-24-15-6-10(2-5-14(15)25-9-16(19)21)8-20-11-3-4-13(18)12(7-11)17(22)23/h2-7,20H,8-9H2,1H3,(H2,19,21)(H,22,23). The first kappa shape index (κ1) is 18.4. The summed E-state index contributed by atoms with van der Waals surface area (Å²) in [5.41, 5.74) is 6.57. The Morgan fingerprint density at radius 2 is 1.96 bits per heavy atom. The maximum absolute atomic E-state index is 11.1. The molecule has 132 valence electrons. The highest BCUT2D eigenvalue weighted by atomic mass is 35.5. The van der Waals surface area contributed by atoms with Gasteiger partial charge in [-0.15, -0.1) is 0 Å². The summed E-state index contributed by atoms with van der Waals surface area (Å²) in [5, 5.41) is 12.4. The molecule has 0 saturated heterocycles. The number of carboxylic acid groups (broad SMARTS) is 1. The van der Waals surface area contributed by atoms with Gasteiger partial charge in [-0.05, 0) is 35.9 Å². The van der Waals surface area contributed by atoms with Crippen LogP contribution in [0.4, 0.5) is 5.69 Å². The van der Waals surface area contributed by atoms with Gasteiger partial charge in [0.05, 0.1) is 17.7 Å². The number of benzene rings is 2. The number of halogens is 1. The first-order valence-electron chi connectivity index (χ1n) is 7.25. The third kappa shape index (κ3) is 5.02. The molecular weight excluding hydrogens is 348 g/mol. The zero-order chi connectivity index (χ0) is 18.4. The lowest BCUT2D eigenvalue weighted by atomic mass is 10.1. The second-order valence-electron chi connectivity index (χ2n) is 5.09. The first-order chi connectivity index (χ1) is 11.9. The molecule has 8 heteroatoms. The van der Waals surface area contributed by atoms with Gasteiger partial charge in [0, 0.05) is 12.2 Å². The Morgan fingerprint density at radius 1 is 1.20 bits per heavy atom. The number of amides is 1. The minimum absolute atomic E-state index is 0.0273. The molecule has 0 saturated carbocycles. The Bertz CT molecular complexity index is 795. The predicted octanol–water partition coefficient (Wildman–Crippen LogP) is 2.52. The number of hydrogen-bond acceptors (Lipinski definition) is 5. The van der Waals surface area contributed by atoms with Gasteiger partial charge in [0.1, 0.15) is 0 Å². The molecule has 7 nitrogen and oxygen atoms in total. The highest BCUT2D eigenvalue weighted by molar-refractivity contribution is 6.33. The summed E-state index contributed by atoms with van der Waals surface area (Å²) in [7, 11) is 1.49. The van der Waals surface area contributed by atoms with E-state index in [1.807, 2.05) is 0 Å². The van der Waals surface area contributed by atoms with Gasteiger partial charge in [-0.1, -0.05) is 17.7 Å². The molecule has 0 aliphatic rings. The Hall–Kier alpha value is -2.93. The topological polar surface area (TPSA) is 111 Å². The molecule has 2 rings (SSSR count). The highest BCUT2D eigenvalue weighted by Crippen LogP contribution is 2.28. The number of hydrogen-bond donors (Lipinski definition) is 3. The predicted molar refractivity (Wildman–Crippen MR) is 93.4 cm³/mol. The van der Waals surface area contributed by atoms with Gasteiger partial charge in [-0.25, -0.2) is 4.79 Å². The van der Waals surface area contributed by atoms with Gasteiger partial charge < -0.3 is 25.6 Å². The van der Waals surface area contributed by atoms with E-state index in [4.69, 9.17) is 31.9 Å². The van der Waals surface area contributed by atoms with Crippen molar-refractivity contribution >= 4 is 29.2 Å². The van der Waals surface area contributed by atoms with E-state index in [-0.39, 0.29) is 17.2 Å². The second-order valence-corrected chi connectivity index (χ2v) is 5.50. The number of nitrogens with two attached hydrogens (primary N) is 1.